The van der Waals surface area contributed by atoms with Crippen LogP contribution in [0.25, 0.3) is 0 Å². The first-order valence-corrected chi connectivity index (χ1v) is 11.9. The highest BCUT2D eigenvalue weighted by molar-refractivity contribution is 9.11. The highest BCUT2D eigenvalue weighted by atomic mass is 79.9. The molecule has 2 rings (SSSR count). The molecule has 3 atom stereocenters. The van der Waals surface area contributed by atoms with Gasteiger partial charge in [-0.2, -0.15) is 0 Å². The van der Waals surface area contributed by atoms with Crippen LogP contribution in [0.5, 0.6) is 0 Å². The number of nitrogens with one attached hydrogen (secondary N) is 3. The molecule has 31 heavy (non-hydrogen) atoms. The molecule has 0 spiro atoms. The van der Waals surface area contributed by atoms with E-state index >= 15 is 0 Å². The van der Waals surface area contributed by atoms with Crippen LogP contribution in [0.1, 0.15) is 44.5 Å². The van der Waals surface area contributed by atoms with E-state index in [0.29, 0.717) is 24.0 Å². The maximum Gasteiger partial charge on any atom is 0.481 e. The van der Waals surface area contributed by atoms with Gasteiger partial charge in [-0.1, -0.05) is 13.8 Å². The van der Waals surface area contributed by atoms with Crippen LogP contribution < -0.4 is 16.0 Å². The van der Waals surface area contributed by atoms with Crippen LogP contribution >= 0.6 is 31.9 Å². The Morgan fingerprint density at radius 1 is 1.19 bits per heavy atom. The maximum absolute atomic E-state index is 14.3. The summed E-state index contributed by atoms with van der Waals surface area (Å²) in [6.45, 7) is 9.06. The lowest BCUT2D eigenvalue weighted by atomic mass is 9.73. The van der Waals surface area contributed by atoms with Crippen LogP contribution in [0.15, 0.2) is 21.1 Å². The predicted octanol–water partition coefficient (Wildman–Crippen LogP) is 3.05. The van der Waals surface area contributed by atoms with E-state index in [1.165, 1.54) is 6.07 Å². The molecule has 0 aliphatic carbocycles. The summed E-state index contributed by atoms with van der Waals surface area (Å²) in [6, 6.07) is 3.05. The van der Waals surface area contributed by atoms with E-state index in [1.54, 1.807) is 6.07 Å². The van der Waals surface area contributed by atoms with Gasteiger partial charge in [0.15, 0.2) is 5.82 Å². The van der Waals surface area contributed by atoms with Crippen molar-refractivity contribution in [1.82, 2.24) is 16.0 Å². The summed E-state index contributed by atoms with van der Waals surface area (Å²) in [5.41, 5.74) is -0.164. The monoisotopic (exact) mass is 563 g/mol. The zero-order valence-corrected chi connectivity index (χ0v) is 21.3. The minimum Gasteiger partial charge on any atom is -0.406 e. The molecule has 1 heterocycles. The smallest absolute Gasteiger partial charge is 0.406 e. The fourth-order valence-electron chi connectivity index (χ4n) is 3.25. The average molecular weight is 565 g/mol. The van der Waals surface area contributed by atoms with E-state index in [4.69, 9.17) is 9.31 Å². The van der Waals surface area contributed by atoms with Crippen LogP contribution in [0.2, 0.25) is 0 Å². The third-order valence-electron chi connectivity index (χ3n) is 4.68. The lowest BCUT2D eigenvalue weighted by molar-refractivity contribution is -0.120. The van der Waals surface area contributed by atoms with Crippen LogP contribution in [0.3, 0.4) is 0 Å². The number of benzene rings is 1. The third kappa shape index (κ3) is 8.13. The molecule has 1 aromatic carbocycles. The van der Waals surface area contributed by atoms with E-state index < -0.39 is 24.7 Å². The maximum atomic E-state index is 14.3. The van der Waals surface area contributed by atoms with E-state index in [0.717, 1.165) is 0 Å². The molecule has 0 bridgehead atoms. The second-order valence-corrected chi connectivity index (χ2v) is 9.83. The Bertz CT molecular complexity index is 775. The quantitative estimate of drug-likeness (QED) is 0.350. The minimum absolute atomic E-state index is 0.0828. The number of hydrogen-bond acceptors (Lipinski definition) is 5. The van der Waals surface area contributed by atoms with Crippen molar-refractivity contribution in [3.05, 3.63) is 32.5 Å². The Kier molecular flexibility index (Phi) is 10.4. The Labute approximate surface area is 200 Å². The van der Waals surface area contributed by atoms with E-state index in [-0.39, 0.29) is 40.6 Å². The summed E-state index contributed by atoms with van der Waals surface area (Å²) in [5.74, 6) is -1.89. The van der Waals surface area contributed by atoms with Crippen molar-refractivity contribution >= 4 is 50.8 Å². The van der Waals surface area contributed by atoms with E-state index in [1.807, 2.05) is 27.7 Å². The summed E-state index contributed by atoms with van der Waals surface area (Å²) in [6.07, 6.45) is 0.476. The zero-order chi connectivity index (χ0) is 23.1. The molecule has 1 saturated heterocycles. The highest BCUT2D eigenvalue weighted by Gasteiger charge is 2.36. The van der Waals surface area contributed by atoms with Crippen LogP contribution in [-0.4, -0.2) is 56.7 Å². The Morgan fingerprint density at radius 2 is 1.77 bits per heavy atom. The molecule has 0 radical (unpaired) electrons. The van der Waals surface area contributed by atoms with Gasteiger partial charge in [0.25, 0.3) is 5.91 Å². The zero-order valence-electron chi connectivity index (χ0n) is 18.1. The fraction of sp³-hybridized carbons (Fsp3) is 0.600. The lowest BCUT2D eigenvalue weighted by Gasteiger charge is -2.32. The Morgan fingerprint density at radius 3 is 2.35 bits per heavy atom. The molecule has 3 N–H and O–H groups in total. The van der Waals surface area contributed by atoms with Gasteiger partial charge in [-0.3, -0.25) is 9.59 Å². The molecule has 1 aliphatic rings. The van der Waals surface area contributed by atoms with Crippen molar-refractivity contribution in [2.75, 3.05) is 19.6 Å². The van der Waals surface area contributed by atoms with E-state index in [2.05, 4.69) is 47.8 Å². The van der Waals surface area contributed by atoms with Gasteiger partial charge in [0.1, 0.15) is 0 Å². The van der Waals surface area contributed by atoms with Crippen molar-refractivity contribution in [3.63, 3.8) is 0 Å². The van der Waals surface area contributed by atoms with Crippen molar-refractivity contribution in [2.45, 2.75) is 52.3 Å². The average Bonchev–Trinajstić information content (AvgIpc) is 2.67. The largest absolute Gasteiger partial charge is 0.481 e. The molecule has 1 aliphatic heterocycles. The van der Waals surface area contributed by atoms with Gasteiger partial charge < -0.3 is 25.3 Å². The van der Waals surface area contributed by atoms with Gasteiger partial charge in [-0.05, 0) is 70.2 Å². The van der Waals surface area contributed by atoms with Crippen molar-refractivity contribution in [2.24, 2.45) is 5.92 Å². The van der Waals surface area contributed by atoms with Crippen molar-refractivity contribution in [3.8, 4) is 0 Å². The first-order valence-electron chi connectivity index (χ1n) is 10.3. The molecule has 11 heteroatoms. The number of carbonyl (C=O) groups is 2. The van der Waals surface area contributed by atoms with Gasteiger partial charge in [0, 0.05) is 17.6 Å². The van der Waals surface area contributed by atoms with Gasteiger partial charge in [0.05, 0.1) is 34.7 Å². The Balaban J connectivity index is 2.03. The summed E-state index contributed by atoms with van der Waals surface area (Å²) in [7, 11) is -0.606. The second-order valence-electron chi connectivity index (χ2n) is 8.12. The third-order valence-corrected chi connectivity index (χ3v) is 5.95. The van der Waals surface area contributed by atoms with E-state index in [9.17, 15) is 14.0 Å². The molecule has 2 unspecified atom stereocenters. The first-order chi connectivity index (χ1) is 14.6. The minimum atomic E-state index is -0.696. The number of carbonyl (C=O) groups excluding carboxylic acids is 2. The standard InChI is InChI=1S/C20H29BBr2FN3O4/c1-11(2)7-16(21-30-12(3)8-25-9-13(4)31-21)27-17(28)10-26-20(29)18-14(22)5-6-15(23)19(18)24/h5-6,11-13,16,25H,7-10H2,1-4H3,(H,26,29)(H,27,28)/t12?,13?,16-/m0/s1. The SMILES string of the molecule is CC(C)C[C@H](NC(=O)CNC(=O)c1c(Br)ccc(Br)c1F)B1OC(C)CNCC(C)O1. The van der Waals surface area contributed by atoms with Gasteiger partial charge >= 0.3 is 7.12 Å². The molecular weight excluding hydrogens is 536 g/mol. The molecule has 0 saturated carbocycles. The summed E-state index contributed by atoms with van der Waals surface area (Å²) < 4.78 is 26.8. The molecule has 7 nitrogen and oxygen atoms in total. The van der Waals surface area contributed by atoms with Gasteiger partial charge in [-0.25, -0.2) is 4.39 Å². The fourth-order valence-corrected chi connectivity index (χ4v) is 4.07. The topological polar surface area (TPSA) is 88.7 Å². The number of hydrogen-bond donors (Lipinski definition) is 3. The normalized spacial score (nSPS) is 20.7. The second kappa shape index (κ2) is 12.3. The van der Waals surface area contributed by atoms with Crippen molar-refractivity contribution < 1.29 is 23.3 Å². The molecule has 1 aromatic rings. The number of rotatable bonds is 7. The molecule has 172 valence electrons. The van der Waals surface area contributed by atoms with Crippen molar-refractivity contribution in [1.29, 1.82) is 0 Å². The molecule has 2 amide bonds. The highest BCUT2D eigenvalue weighted by Crippen LogP contribution is 2.26. The van der Waals surface area contributed by atoms with Crippen LogP contribution in [0, 0.1) is 11.7 Å². The molecular formula is C20H29BBr2FN3O4. The summed E-state index contributed by atoms with van der Waals surface area (Å²) in [5, 5.41) is 8.66. The van der Waals surface area contributed by atoms with Gasteiger partial charge in [-0.15, -0.1) is 0 Å². The van der Waals surface area contributed by atoms with Crippen LogP contribution in [0.4, 0.5) is 4.39 Å². The van der Waals surface area contributed by atoms with Crippen LogP contribution in [-0.2, 0) is 14.1 Å². The Hall–Kier alpha value is -1.01. The molecule has 0 aromatic heterocycles. The number of amides is 2. The lowest BCUT2D eigenvalue weighted by Crippen LogP contribution is -2.56. The molecule has 1 fully saturated rings. The predicted molar refractivity (Wildman–Crippen MR) is 125 cm³/mol. The van der Waals surface area contributed by atoms with Gasteiger partial charge in [0.2, 0.25) is 5.91 Å². The summed E-state index contributed by atoms with van der Waals surface area (Å²) in [4.78, 5) is 25.0. The summed E-state index contributed by atoms with van der Waals surface area (Å²) >= 11 is 6.24. The number of halogens is 3. The first kappa shape index (κ1) is 26.2.